The molecule has 0 radical (unpaired) electrons. The van der Waals surface area contributed by atoms with Crippen molar-refractivity contribution in [2.75, 3.05) is 26.2 Å². The molecule has 0 saturated heterocycles. The lowest BCUT2D eigenvalue weighted by Gasteiger charge is -2.08. The highest BCUT2D eigenvalue weighted by atomic mass is 16.6. The van der Waals surface area contributed by atoms with Crippen LogP contribution in [0, 0.1) is 20.2 Å². The van der Waals surface area contributed by atoms with Gasteiger partial charge in [-0.05, 0) is 43.7 Å². The van der Waals surface area contributed by atoms with Crippen molar-refractivity contribution >= 4 is 23.2 Å². The maximum atomic E-state index is 12.0. The average molecular weight is 429 g/mol. The van der Waals surface area contributed by atoms with Crippen LogP contribution in [0.5, 0.6) is 0 Å². The van der Waals surface area contributed by atoms with Crippen LogP contribution in [-0.4, -0.2) is 47.8 Å². The fraction of sp³-hybridized carbons (Fsp3) is 0.300. The number of carbonyl (C=O) groups excluding carboxylic acids is 2. The van der Waals surface area contributed by atoms with Crippen molar-refractivity contribution < 1.29 is 19.4 Å². The highest BCUT2D eigenvalue weighted by molar-refractivity contribution is 5.94. The summed E-state index contributed by atoms with van der Waals surface area (Å²) in [6.07, 6.45) is 1.57. The van der Waals surface area contributed by atoms with Crippen molar-refractivity contribution in [3.8, 4) is 0 Å². The lowest BCUT2D eigenvalue weighted by atomic mass is 10.2. The Morgan fingerprint density at radius 2 is 1.06 bits per heavy atom. The van der Waals surface area contributed by atoms with Gasteiger partial charge in [0.25, 0.3) is 23.2 Å². The number of benzene rings is 2. The molecular weight excluding hydrogens is 406 g/mol. The van der Waals surface area contributed by atoms with Gasteiger partial charge in [0.1, 0.15) is 0 Å². The molecule has 3 N–H and O–H groups in total. The monoisotopic (exact) mass is 429 g/mol. The Morgan fingerprint density at radius 3 is 1.52 bits per heavy atom. The second-order valence-corrected chi connectivity index (χ2v) is 6.58. The van der Waals surface area contributed by atoms with Crippen LogP contribution in [0.1, 0.15) is 33.6 Å². The van der Waals surface area contributed by atoms with Crippen LogP contribution >= 0.6 is 0 Å². The first kappa shape index (κ1) is 23.4. The summed E-state index contributed by atoms with van der Waals surface area (Å²) in [6.45, 7) is 2.16. The van der Waals surface area contributed by atoms with Gasteiger partial charge in [-0.1, -0.05) is 0 Å². The number of nitrogens with one attached hydrogen (secondary N) is 3. The molecule has 2 rings (SSSR count). The lowest BCUT2D eigenvalue weighted by Crippen LogP contribution is -2.32. The van der Waals surface area contributed by atoms with Gasteiger partial charge < -0.3 is 16.0 Å². The van der Waals surface area contributed by atoms with Crippen molar-refractivity contribution in [1.82, 2.24) is 16.0 Å². The van der Waals surface area contributed by atoms with E-state index < -0.39 is 9.85 Å². The van der Waals surface area contributed by atoms with Crippen LogP contribution < -0.4 is 16.0 Å². The number of unbranched alkanes of at least 4 members (excludes halogenated alkanes) is 1. The highest BCUT2D eigenvalue weighted by Gasteiger charge is 2.10. The highest BCUT2D eigenvalue weighted by Crippen LogP contribution is 2.12. The minimum Gasteiger partial charge on any atom is -0.352 e. The van der Waals surface area contributed by atoms with Gasteiger partial charge in [-0.2, -0.15) is 0 Å². The van der Waals surface area contributed by atoms with E-state index in [-0.39, 0.29) is 23.2 Å². The predicted molar refractivity (Wildman–Crippen MR) is 113 cm³/mol. The Kier molecular flexibility index (Phi) is 9.05. The first-order valence-corrected chi connectivity index (χ1v) is 9.64. The molecule has 11 nitrogen and oxygen atoms in total. The van der Waals surface area contributed by atoms with Crippen LogP contribution in [0.15, 0.2) is 48.5 Å². The van der Waals surface area contributed by atoms with Crippen molar-refractivity contribution in [3.05, 3.63) is 79.9 Å². The number of hydrogen-bond donors (Lipinski definition) is 3. The van der Waals surface area contributed by atoms with Gasteiger partial charge >= 0.3 is 0 Å². The van der Waals surface area contributed by atoms with E-state index in [1.54, 1.807) is 0 Å². The largest absolute Gasteiger partial charge is 0.352 e. The minimum atomic E-state index is -0.521. The Hall–Kier alpha value is -3.86. The molecule has 0 fully saturated rings. The van der Waals surface area contributed by atoms with Crippen LogP contribution in [0.3, 0.4) is 0 Å². The number of nitrogens with zero attached hydrogens (tertiary/aromatic N) is 2. The zero-order valence-electron chi connectivity index (χ0n) is 16.7. The van der Waals surface area contributed by atoms with Gasteiger partial charge in [-0.3, -0.25) is 29.8 Å². The minimum absolute atomic E-state index is 0.0634. The number of nitro groups is 2. The molecule has 0 saturated carbocycles. The van der Waals surface area contributed by atoms with E-state index in [1.165, 1.54) is 48.5 Å². The number of hydrogen-bond acceptors (Lipinski definition) is 7. The molecule has 11 heteroatoms. The van der Waals surface area contributed by atoms with Gasteiger partial charge in [-0.25, -0.2) is 0 Å². The molecule has 2 aromatic carbocycles. The molecule has 2 aromatic rings. The van der Waals surface area contributed by atoms with E-state index in [2.05, 4.69) is 16.0 Å². The maximum absolute atomic E-state index is 12.0. The third kappa shape index (κ3) is 7.82. The molecule has 0 spiro atoms. The van der Waals surface area contributed by atoms with Gasteiger partial charge in [0, 0.05) is 55.0 Å². The Bertz CT molecular complexity index is 839. The second-order valence-electron chi connectivity index (χ2n) is 6.58. The van der Waals surface area contributed by atoms with Gasteiger partial charge in [0.2, 0.25) is 0 Å². The Labute approximate surface area is 178 Å². The van der Waals surface area contributed by atoms with Crippen LogP contribution in [0.2, 0.25) is 0 Å². The Morgan fingerprint density at radius 1 is 0.645 bits per heavy atom. The maximum Gasteiger partial charge on any atom is 0.269 e. The van der Waals surface area contributed by atoms with Gasteiger partial charge in [0.05, 0.1) is 9.85 Å². The number of nitro benzene ring substituents is 2. The summed E-state index contributed by atoms with van der Waals surface area (Å²) >= 11 is 0. The lowest BCUT2D eigenvalue weighted by molar-refractivity contribution is -0.385. The molecule has 0 bridgehead atoms. The quantitative estimate of drug-likeness (QED) is 0.265. The predicted octanol–water partition coefficient (Wildman–Crippen LogP) is 2.03. The molecule has 2 amide bonds. The van der Waals surface area contributed by atoms with Crippen LogP contribution in [0.4, 0.5) is 11.4 Å². The van der Waals surface area contributed by atoms with Crippen molar-refractivity contribution in [1.29, 1.82) is 0 Å². The molecule has 0 unspecified atom stereocenters. The summed E-state index contributed by atoms with van der Waals surface area (Å²) in [5.41, 5.74) is 0.593. The van der Waals surface area contributed by atoms with E-state index >= 15 is 0 Å². The smallest absolute Gasteiger partial charge is 0.269 e. The summed E-state index contributed by atoms with van der Waals surface area (Å²) in [6, 6.07) is 10.8. The summed E-state index contributed by atoms with van der Waals surface area (Å²) in [4.78, 5) is 44.1. The normalized spacial score (nSPS) is 10.3. The van der Waals surface area contributed by atoms with E-state index in [0.29, 0.717) is 37.3 Å². The number of rotatable bonds is 12. The molecule has 0 heterocycles. The van der Waals surface area contributed by atoms with E-state index in [4.69, 9.17) is 0 Å². The molecule has 0 aromatic heterocycles. The fourth-order valence-electron chi connectivity index (χ4n) is 2.64. The SMILES string of the molecule is O=C(NCCCCNCCNC(=O)c1ccc([N+](=O)[O-])cc1)c1ccc([N+](=O)[O-])cc1. The summed E-state index contributed by atoms with van der Waals surface area (Å²) in [7, 11) is 0. The van der Waals surface area contributed by atoms with Crippen molar-refractivity contribution in [3.63, 3.8) is 0 Å². The third-order valence-electron chi connectivity index (χ3n) is 4.33. The molecule has 0 atom stereocenters. The van der Waals surface area contributed by atoms with Gasteiger partial charge in [-0.15, -0.1) is 0 Å². The summed E-state index contributed by atoms with van der Waals surface area (Å²) in [5.74, 6) is -0.581. The fourth-order valence-corrected chi connectivity index (χ4v) is 2.64. The molecule has 31 heavy (non-hydrogen) atoms. The Balaban J connectivity index is 1.52. The number of carbonyl (C=O) groups is 2. The average Bonchev–Trinajstić information content (AvgIpc) is 2.77. The van der Waals surface area contributed by atoms with Crippen LogP contribution in [0.25, 0.3) is 0 Å². The van der Waals surface area contributed by atoms with Gasteiger partial charge in [0.15, 0.2) is 0 Å². The van der Waals surface area contributed by atoms with Crippen molar-refractivity contribution in [2.45, 2.75) is 12.8 Å². The van der Waals surface area contributed by atoms with Crippen LogP contribution in [-0.2, 0) is 0 Å². The third-order valence-corrected chi connectivity index (χ3v) is 4.33. The molecule has 0 aliphatic carbocycles. The first-order valence-electron chi connectivity index (χ1n) is 9.64. The van der Waals surface area contributed by atoms with E-state index in [1.807, 2.05) is 0 Å². The zero-order valence-corrected chi connectivity index (χ0v) is 16.7. The van der Waals surface area contributed by atoms with Crippen molar-refractivity contribution in [2.24, 2.45) is 0 Å². The van der Waals surface area contributed by atoms with E-state index in [0.717, 1.165) is 12.8 Å². The molecule has 0 aliphatic rings. The van der Waals surface area contributed by atoms with E-state index in [9.17, 15) is 29.8 Å². The zero-order chi connectivity index (χ0) is 22.6. The topological polar surface area (TPSA) is 157 Å². The molecular formula is C20H23N5O6. The molecule has 0 aliphatic heterocycles. The first-order chi connectivity index (χ1) is 14.9. The number of amides is 2. The number of non-ortho nitro benzene ring substituents is 2. The summed E-state index contributed by atoms with van der Waals surface area (Å²) < 4.78 is 0. The standard InChI is InChI=1S/C20H23N5O6/c26-19(15-3-7-17(8-4-15)24(28)29)22-12-2-1-11-21-13-14-23-20(27)16-5-9-18(10-6-16)25(30)31/h3-10,21H,1-2,11-14H2,(H,22,26)(H,23,27). The summed E-state index contributed by atoms with van der Waals surface area (Å²) in [5, 5.41) is 29.9. The molecule has 164 valence electrons. The second kappa shape index (κ2) is 12.0.